The summed E-state index contributed by atoms with van der Waals surface area (Å²) in [6.45, 7) is 1.50. The molecule has 0 saturated heterocycles. The van der Waals surface area contributed by atoms with Crippen LogP contribution in [0.15, 0.2) is 18.2 Å². The van der Waals surface area contributed by atoms with Gasteiger partial charge in [0, 0.05) is 0 Å². The summed E-state index contributed by atoms with van der Waals surface area (Å²) in [5.74, 6) is -1.05. The molecule has 0 heterocycles. The quantitative estimate of drug-likeness (QED) is 0.792. The van der Waals surface area contributed by atoms with Crippen molar-refractivity contribution in [2.24, 2.45) is 5.73 Å². The lowest BCUT2D eigenvalue weighted by Gasteiger charge is -2.09. The van der Waals surface area contributed by atoms with E-state index in [4.69, 9.17) is 17.3 Å². The Labute approximate surface area is 86.0 Å². The van der Waals surface area contributed by atoms with E-state index in [1.807, 2.05) is 0 Å². The van der Waals surface area contributed by atoms with Crippen LogP contribution in [0.3, 0.4) is 0 Å². The summed E-state index contributed by atoms with van der Waals surface area (Å²) in [5.41, 5.74) is 5.28. The van der Waals surface area contributed by atoms with E-state index in [9.17, 15) is 9.18 Å². The number of nitrogens with two attached hydrogens (primary N) is 1. The molecule has 14 heavy (non-hydrogen) atoms. The Bertz CT molecular complexity index is 334. The van der Waals surface area contributed by atoms with Crippen LogP contribution in [0.25, 0.3) is 0 Å². The topological polar surface area (TPSA) is 55.1 Å². The number of anilines is 1. The summed E-state index contributed by atoms with van der Waals surface area (Å²) in [5, 5.41) is 2.46. The third kappa shape index (κ3) is 2.43. The SMILES string of the molecule is CC(N)C(=O)Nc1c(F)cccc1Cl. The first kappa shape index (κ1) is 10.9. The van der Waals surface area contributed by atoms with Crippen LogP contribution in [0.1, 0.15) is 6.92 Å². The van der Waals surface area contributed by atoms with E-state index in [1.165, 1.54) is 25.1 Å². The summed E-state index contributed by atoms with van der Waals surface area (Å²) in [6.07, 6.45) is 0. The Hall–Kier alpha value is -1.13. The number of benzene rings is 1. The van der Waals surface area contributed by atoms with Gasteiger partial charge in [-0.2, -0.15) is 0 Å². The average molecular weight is 217 g/mol. The van der Waals surface area contributed by atoms with Crippen LogP contribution in [0.2, 0.25) is 5.02 Å². The fraction of sp³-hybridized carbons (Fsp3) is 0.222. The van der Waals surface area contributed by atoms with E-state index in [-0.39, 0.29) is 10.7 Å². The molecule has 0 bridgehead atoms. The van der Waals surface area contributed by atoms with Crippen LogP contribution >= 0.6 is 11.6 Å². The standard InChI is InChI=1S/C9H10ClFN2O/c1-5(12)9(14)13-8-6(10)3-2-4-7(8)11/h2-5H,12H2,1H3,(H,13,14). The number of hydrogen-bond donors (Lipinski definition) is 2. The minimum atomic E-state index is -0.703. The van der Waals surface area contributed by atoms with Gasteiger partial charge in [-0.25, -0.2) is 4.39 Å². The number of amides is 1. The molecule has 1 aromatic rings. The molecule has 1 amide bonds. The smallest absolute Gasteiger partial charge is 0.241 e. The van der Waals surface area contributed by atoms with E-state index in [0.717, 1.165) is 0 Å². The highest BCUT2D eigenvalue weighted by molar-refractivity contribution is 6.33. The van der Waals surface area contributed by atoms with Crippen molar-refractivity contribution in [3.63, 3.8) is 0 Å². The van der Waals surface area contributed by atoms with E-state index in [1.54, 1.807) is 0 Å². The molecule has 0 radical (unpaired) electrons. The Kier molecular flexibility index (Phi) is 3.43. The average Bonchev–Trinajstić information content (AvgIpc) is 2.11. The lowest BCUT2D eigenvalue weighted by atomic mass is 10.2. The molecule has 0 fully saturated rings. The van der Waals surface area contributed by atoms with Gasteiger partial charge in [-0.1, -0.05) is 17.7 Å². The zero-order valence-electron chi connectivity index (χ0n) is 7.55. The molecule has 1 aromatic carbocycles. The molecule has 1 rings (SSSR count). The fourth-order valence-electron chi connectivity index (χ4n) is 0.854. The number of halogens is 2. The predicted molar refractivity (Wildman–Crippen MR) is 53.7 cm³/mol. The van der Waals surface area contributed by atoms with E-state index >= 15 is 0 Å². The molecule has 0 spiro atoms. The highest BCUT2D eigenvalue weighted by Crippen LogP contribution is 2.24. The molecule has 0 aliphatic heterocycles. The fourth-order valence-corrected chi connectivity index (χ4v) is 1.06. The Morgan fingerprint density at radius 3 is 2.79 bits per heavy atom. The number of nitrogens with one attached hydrogen (secondary N) is 1. The first-order valence-corrected chi connectivity index (χ1v) is 4.40. The Balaban J connectivity index is 2.91. The molecule has 0 saturated carbocycles. The zero-order chi connectivity index (χ0) is 10.7. The number of hydrogen-bond acceptors (Lipinski definition) is 2. The van der Waals surface area contributed by atoms with Gasteiger partial charge in [0.05, 0.1) is 16.8 Å². The lowest BCUT2D eigenvalue weighted by Crippen LogP contribution is -2.32. The molecule has 0 aromatic heterocycles. The van der Waals surface area contributed by atoms with Gasteiger partial charge < -0.3 is 11.1 Å². The highest BCUT2D eigenvalue weighted by atomic mass is 35.5. The maximum Gasteiger partial charge on any atom is 0.241 e. The van der Waals surface area contributed by atoms with E-state index < -0.39 is 17.8 Å². The van der Waals surface area contributed by atoms with Crippen LogP contribution in [-0.2, 0) is 4.79 Å². The summed E-state index contributed by atoms with van der Waals surface area (Å²) in [7, 11) is 0. The van der Waals surface area contributed by atoms with Crippen molar-refractivity contribution in [1.82, 2.24) is 0 Å². The second kappa shape index (κ2) is 4.39. The number of carbonyl (C=O) groups excluding carboxylic acids is 1. The summed E-state index contributed by atoms with van der Waals surface area (Å²) < 4.78 is 13.1. The minimum absolute atomic E-state index is 0.0310. The second-order valence-electron chi connectivity index (χ2n) is 2.87. The first-order chi connectivity index (χ1) is 6.52. The van der Waals surface area contributed by atoms with Gasteiger partial charge in [0.1, 0.15) is 5.82 Å². The highest BCUT2D eigenvalue weighted by Gasteiger charge is 2.12. The molecule has 1 atom stereocenters. The molecule has 3 N–H and O–H groups in total. The third-order valence-electron chi connectivity index (χ3n) is 1.62. The van der Waals surface area contributed by atoms with Crippen molar-refractivity contribution in [3.8, 4) is 0 Å². The van der Waals surface area contributed by atoms with Gasteiger partial charge in [0.15, 0.2) is 0 Å². The molecule has 1 unspecified atom stereocenters. The van der Waals surface area contributed by atoms with Gasteiger partial charge in [-0.05, 0) is 19.1 Å². The van der Waals surface area contributed by atoms with E-state index in [0.29, 0.717) is 0 Å². The number of carbonyl (C=O) groups is 1. The lowest BCUT2D eigenvalue weighted by molar-refractivity contribution is -0.117. The van der Waals surface area contributed by atoms with Crippen molar-refractivity contribution in [1.29, 1.82) is 0 Å². The molecule has 3 nitrogen and oxygen atoms in total. The van der Waals surface area contributed by atoms with Crippen LogP contribution in [0.5, 0.6) is 0 Å². The Morgan fingerprint density at radius 1 is 1.64 bits per heavy atom. The van der Waals surface area contributed by atoms with Gasteiger partial charge in [-0.15, -0.1) is 0 Å². The van der Waals surface area contributed by atoms with Gasteiger partial charge in [0.25, 0.3) is 0 Å². The van der Waals surface area contributed by atoms with Gasteiger partial charge >= 0.3 is 0 Å². The van der Waals surface area contributed by atoms with Gasteiger partial charge in [0.2, 0.25) is 5.91 Å². The van der Waals surface area contributed by atoms with Crippen molar-refractivity contribution in [3.05, 3.63) is 29.0 Å². The van der Waals surface area contributed by atoms with Crippen LogP contribution in [0.4, 0.5) is 10.1 Å². The van der Waals surface area contributed by atoms with Crippen molar-refractivity contribution in [2.75, 3.05) is 5.32 Å². The maximum atomic E-state index is 13.1. The van der Waals surface area contributed by atoms with Gasteiger partial charge in [-0.3, -0.25) is 4.79 Å². The first-order valence-electron chi connectivity index (χ1n) is 4.03. The summed E-state index contributed by atoms with van der Waals surface area (Å²) in [4.78, 5) is 11.2. The van der Waals surface area contributed by atoms with Crippen LogP contribution < -0.4 is 11.1 Å². The van der Waals surface area contributed by atoms with Crippen LogP contribution in [0, 0.1) is 5.82 Å². The largest absolute Gasteiger partial charge is 0.321 e. The number of para-hydroxylation sites is 1. The minimum Gasteiger partial charge on any atom is -0.321 e. The summed E-state index contributed by atoms with van der Waals surface area (Å²) >= 11 is 5.68. The molecular weight excluding hydrogens is 207 g/mol. The molecule has 0 aliphatic carbocycles. The number of rotatable bonds is 2. The van der Waals surface area contributed by atoms with Crippen molar-refractivity contribution in [2.45, 2.75) is 13.0 Å². The third-order valence-corrected chi connectivity index (χ3v) is 1.94. The van der Waals surface area contributed by atoms with E-state index in [2.05, 4.69) is 5.32 Å². The normalized spacial score (nSPS) is 12.3. The van der Waals surface area contributed by atoms with Crippen molar-refractivity contribution >= 4 is 23.2 Å². The second-order valence-corrected chi connectivity index (χ2v) is 3.28. The van der Waals surface area contributed by atoms with Crippen LogP contribution in [-0.4, -0.2) is 11.9 Å². The Morgan fingerprint density at radius 2 is 2.29 bits per heavy atom. The predicted octanol–water partition coefficient (Wildman–Crippen LogP) is 1.76. The molecule has 76 valence electrons. The monoisotopic (exact) mass is 216 g/mol. The zero-order valence-corrected chi connectivity index (χ0v) is 8.31. The molecule has 0 aliphatic rings. The van der Waals surface area contributed by atoms with Crippen molar-refractivity contribution < 1.29 is 9.18 Å². The molecular formula is C9H10ClFN2O. The molecule has 5 heteroatoms. The summed E-state index contributed by atoms with van der Waals surface area (Å²) in [6, 6.07) is 3.45. The maximum absolute atomic E-state index is 13.1.